The molecule has 15 heavy (non-hydrogen) atoms. The van der Waals surface area contributed by atoms with Crippen molar-refractivity contribution >= 4 is 0 Å². The Morgan fingerprint density at radius 3 is 2.00 bits per heavy atom. The highest BCUT2D eigenvalue weighted by Gasteiger charge is 2.24. The highest BCUT2D eigenvalue weighted by atomic mass is 16.6. The maximum absolute atomic E-state index is 5.69. The van der Waals surface area contributed by atoms with Gasteiger partial charge in [0.15, 0.2) is 0 Å². The van der Waals surface area contributed by atoms with E-state index < -0.39 is 0 Å². The highest BCUT2D eigenvalue weighted by molar-refractivity contribution is 4.74. The summed E-state index contributed by atoms with van der Waals surface area (Å²) in [6.07, 6.45) is 0.879. The average molecular weight is 218 g/mol. The molecule has 0 aliphatic heterocycles. The summed E-state index contributed by atoms with van der Waals surface area (Å²) in [5.41, 5.74) is 10.4. The molecule has 0 aromatic heterocycles. The van der Waals surface area contributed by atoms with Gasteiger partial charge in [-0.1, -0.05) is 0 Å². The van der Waals surface area contributed by atoms with E-state index in [4.69, 9.17) is 20.9 Å². The molecule has 0 spiro atoms. The molecule has 0 aromatic carbocycles. The Labute approximate surface area is 93.3 Å². The van der Waals surface area contributed by atoms with Gasteiger partial charge in [0.2, 0.25) is 0 Å². The van der Waals surface area contributed by atoms with Crippen molar-refractivity contribution < 1.29 is 9.47 Å². The van der Waals surface area contributed by atoms with Crippen molar-refractivity contribution in [2.24, 2.45) is 11.5 Å². The molecule has 0 rings (SSSR count). The predicted molar refractivity (Wildman–Crippen MR) is 62.8 cm³/mol. The van der Waals surface area contributed by atoms with Crippen LogP contribution in [0.5, 0.6) is 0 Å². The molecule has 0 fully saturated rings. The summed E-state index contributed by atoms with van der Waals surface area (Å²) in [5, 5.41) is 0. The minimum absolute atomic E-state index is 0.276. The standard InChI is InChI=1S/C11H26N2O2/c1-10(2,8-13)15-9-11(3,4)14-7-5-6-12/h5-9,12-13H2,1-4H3. The number of rotatable bonds is 8. The van der Waals surface area contributed by atoms with Crippen molar-refractivity contribution in [3.8, 4) is 0 Å². The van der Waals surface area contributed by atoms with E-state index in [1.54, 1.807) is 0 Å². The fourth-order valence-corrected chi connectivity index (χ4v) is 0.902. The zero-order valence-electron chi connectivity index (χ0n) is 10.5. The van der Waals surface area contributed by atoms with Crippen molar-refractivity contribution in [1.82, 2.24) is 0 Å². The zero-order valence-corrected chi connectivity index (χ0v) is 10.5. The molecule has 0 atom stereocenters. The second-order valence-corrected chi connectivity index (χ2v) is 5.00. The van der Waals surface area contributed by atoms with E-state index in [1.165, 1.54) is 0 Å². The molecule has 0 saturated heterocycles. The van der Waals surface area contributed by atoms with Crippen LogP contribution in [0.1, 0.15) is 34.1 Å². The third-order valence-corrected chi connectivity index (χ3v) is 2.14. The molecule has 0 aromatic rings. The summed E-state index contributed by atoms with van der Waals surface area (Å²) in [5.74, 6) is 0. The Morgan fingerprint density at radius 2 is 1.53 bits per heavy atom. The van der Waals surface area contributed by atoms with Crippen LogP contribution in [0.2, 0.25) is 0 Å². The van der Waals surface area contributed by atoms with Crippen LogP contribution in [0, 0.1) is 0 Å². The zero-order chi connectivity index (χ0) is 11.9. The van der Waals surface area contributed by atoms with E-state index in [0.717, 1.165) is 6.42 Å². The van der Waals surface area contributed by atoms with Crippen LogP contribution in [-0.4, -0.2) is 37.5 Å². The molecule has 0 bridgehead atoms. The number of hydrogen-bond acceptors (Lipinski definition) is 4. The van der Waals surface area contributed by atoms with Crippen LogP contribution in [0.3, 0.4) is 0 Å². The molecule has 0 heterocycles. The molecule has 4 heteroatoms. The quantitative estimate of drug-likeness (QED) is 0.593. The number of hydrogen-bond donors (Lipinski definition) is 2. The second-order valence-electron chi connectivity index (χ2n) is 5.00. The van der Waals surface area contributed by atoms with Gasteiger partial charge < -0.3 is 20.9 Å². The normalized spacial score (nSPS) is 13.2. The summed E-state index contributed by atoms with van der Waals surface area (Å²) in [7, 11) is 0. The third-order valence-electron chi connectivity index (χ3n) is 2.14. The lowest BCUT2D eigenvalue weighted by molar-refractivity contribution is -0.117. The summed E-state index contributed by atoms with van der Waals surface area (Å²) in [6.45, 7) is 10.4. The van der Waals surface area contributed by atoms with Gasteiger partial charge in [0.25, 0.3) is 0 Å². The lowest BCUT2D eigenvalue weighted by atomic mass is 10.1. The minimum atomic E-state index is -0.283. The second kappa shape index (κ2) is 6.43. The first-order valence-corrected chi connectivity index (χ1v) is 5.51. The van der Waals surface area contributed by atoms with Gasteiger partial charge in [-0.25, -0.2) is 0 Å². The van der Waals surface area contributed by atoms with Crippen LogP contribution in [0.15, 0.2) is 0 Å². The van der Waals surface area contributed by atoms with Crippen molar-refractivity contribution in [1.29, 1.82) is 0 Å². The van der Waals surface area contributed by atoms with Gasteiger partial charge in [0.05, 0.1) is 17.8 Å². The first-order valence-electron chi connectivity index (χ1n) is 5.51. The third kappa shape index (κ3) is 7.73. The summed E-state index contributed by atoms with van der Waals surface area (Å²) in [4.78, 5) is 0. The monoisotopic (exact) mass is 218 g/mol. The Kier molecular flexibility index (Phi) is 6.36. The van der Waals surface area contributed by atoms with Crippen molar-refractivity contribution in [3.63, 3.8) is 0 Å². The molecule has 0 radical (unpaired) electrons. The Bertz CT molecular complexity index is 170. The van der Waals surface area contributed by atoms with Crippen molar-refractivity contribution in [3.05, 3.63) is 0 Å². The van der Waals surface area contributed by atoms with E-state index in [9.17, 15) is 0 Å². The first kappa shape index (κ1) is 14.8. The molecular weight excluding hydrogens is 192 g/mol. The Balaban J connectivity index is 3.82. The van der Waals surface area contributed by atoms with E-state index in [1.807, 2.05) is 27.7 Å². The minimum Gasteiger partial charge on any atom is -0.373 e. The topological polar surface area (TPSA) is 70.5 Å². The largest absolute Gasteiger partial charge is 0.373 e. The Morgan fingerprint density at radius 1 is 0.933 bits per heavy atom. The van der Waals surface area contributed by atoms with Gasteiger partial charge in [0, 0.05) is 13.2 Å². The van der Waals surface area contributed by atoms with Crippen LogP contribution in [-0.2, 0) is 9.47 Å². The average Bonchev–Trinajstić information content (AvgIpc) is 2.16. The lowest BCUT2D eigenvalue weighted by Crippen LogP contribution is -2.40. The lowest BCUT2D eigenvalue weighted by Gasteiger charge is -2.31. The van der Waals surface area contributed by atoms with Crippen LogP contribution in [0.4, 0.5) is 0 Å². The number of nitrogens with two attached hydrogens (primary N) is 2. The van der Waals surface area contributed by atoms with E-state index in [2.05, 4.69) is 0 Å². The maximum atomic E-state index is 5.69. The molecule has 0 aliphatic carbocycles. The first-order chi connectivity index (χ1) is 6.83. The van der Waals surface area contributed by atoms with Gasteiger partial charge in [-0.05, 0) is 40.7 Å². The number of ether oxygens (including phenoxy) is 2. The molecule has 92 valence electrons. The molecule has 0 amide bonds. The summed E-state index contributed by atoms with van der Waals surface area (Å²) < 4.78 is 11.4. The molecule has 4 N–H and O–H groups in total. The summed E-state index contributed by atoms with van der Waals surface area (Å²) >= 11 is 0. The van der Waals surface area contributed by atoms with Gasteiger partial charge in [-0.15, -0.1) is 0 Å². The van der Waals surface area contributed by atoms with E-state index in [-0.39, 0.29) is 11.2 Å². The maximum Gasteiger partial charge on any atom is 0.0859 e. The molecule has 0 aliphatic rings. The van der Waals surface area contributed by atoms with E-state index in [0.29, 0.717) is 26.3 Å². The van der Waals surface area contributed by atoms with Gasteiger partial charge >= 0.3 is 0 Å². The smallest absolute Gasteiger partial charge is 0.0859 e. The van der Waals surface area contributed by atoms with Gasteiger partial charge in [-0.3, -0.25) is 0 Å². The molecule has 4 nitrogen and oxygen atoms in total. The SMILES string of the molecule is CC(C)(CN)OCC(C)(C)OCCCN. The van der Waals surface area contributed by atoms with Gasteiger partial charge in [0.1, 0.15) is 0 Å². The van der Waals surface area contributed by atoms with Gasteiger partial charge in [-0.2, -0.15) is 0 Å². The van der Waals surface area contributed by atoms with Crippen LogP contribution in [0.25, 0.3) is 0 Å². The van der Waals surface area contributed by atoms with Crippen molar-refractivity contribution in [2.45, 2.75) is 45.3 Å². The summed E-state index contributed by atoms with van der Waals surface area (Å²) in [6, 6.07) is 0. The highest BCUT2D eigenvalue weighted by Crippen LogP contribution is 2.15. The fourth-order valence-electron chi connectivity index (χ4n) is 0.902. The fraction of sp³-hybridized carbons (Fsp3) is 1.00. The predicted octanol–water partition coefficient (Wildman–Crippen LogP) is 0.884. The molecular formula is C11H26N2O2. The van der Waals surface area contributed by atoms with Crippen LogP contribution < -0.4 is 11.5 Å². The Hall–Kier alpha value is -0.160. The van der Waals surface area contributed by atoms with Crippen LogP contribution >= 0.6 is 0 Å². The molecule has 0 unspecified atom stereocenters. The van der Waals surface area contributed by atoms with Crippen molar-refractivity contribution in [2.75, 3.05) is 26.3 Å². The molecule has 0 saturated carbocycles. The van der Waals surface area contributed by atoms with E-state index >= 15 is 0 Å².